The Morgan fingerprint density at radius 1 is 1.00 bits per heavy atom. The van der Waals surface area contributed by atoms with E-state index in [1.807, 2.05) is 36.0 Å². The second-order valence-electron chi connectivity index (χ2n) is 9.05. The smallest absolute Gasteiger partial charge is 0.255 e. The Morgan fingerprint density at radius 3 is 2.21 bits per heavy atom. The number of benzene rings is 2. The molecule has 7 nitrogen and oxygen atoms in total. The average Bonchev–Trinajstić information content (AvgIpc) is 2.81. The molecule has 2 amide bonds. The number of rotatable bonds is 4. The van der Waals surface area contributed by atoms with Gasteiger partial charge in [-0.3, -0.25) is 14.6 Å². The number of amides is 2. The lowest BCUT2D eigenvalue weighted by atomic mass is 9.86. The molecule has 2 aliphatic heterocycles. The maximum absolute atomic E-state index is 13.0. The molecule has 180 valence electrons. The van der Waals surface area contributed by atoms with Crippen LogP contribution >= 0.6 is 23.4 Å². The lowest BCUT2D eigenvalue weighted by Crippen LogP contribution is -2.55. The second kappa shape index (κ2) is 9.88. The number of amidine groups is 1. The minimum Gasteiger partial charge on any atom is -0.370 e. The molecule has 2 N–H and O–H groups in total. The first-order valence-electron chi connectivity index (χ1n) is 11.2. The minimum atomic E-state index is -0.433. The van der Waals surface area contributed by atoms with Crippen LogP contribution in [0, 0.1) is 0 Å². The molecule has 2 aromatic carbocycles. The lowest BCUT2D eigenvalue weighted by Gasteiger charge is -2.44. The molecular formula is C25H30ClN5O2S. The Bertz CT molecular complexity index is 1140. The molecule has 2 aromatic rings. The van der Waals surface area contributed by atoms with E-state index >= 15 is 0 Å². The first-order valence-corrected chi connectivity index (χ1v) is 12.8. The van der Waals surface area contributed by atoms with Crippen molar-refractivity contribution in [2.24, 2.45) is 4.99 Å². The van der Waals surface area contributed by atoms with Crippen LogP contribution in [0.1, 0.15) is 39.1 Å². The van der Waals surface area contributed by atoms with Crippen molar-refractivity contribution in [3.05, 3.63) is 58.1 Å². The predicted octanol–water partition coefficient (Wildman–Crippen LogP) is 4.45. The van der Waals surface area contributed by atoms with Gasteiger partial charge in [-0.1, -0.05) is 23.7 Å². The molecule has 9 heteroatoms. The van der Waals surface area contributed by atoms with Crippen LogP contribution in [0.25, 0.3) is 0 Å². The summed E-state index contributed by atoms with van der Waals surface area (Å²) in [5.41, 5.74) is 2.87. The quantitative estimate of drug-likeness (QED) is 0.650. The summed E-state index contributed by atoms with van der Waals surface area (Å²) in [4.78, 5) is 34.1. The molecular weight excluding hydrogens is 470 g/mol. The molecule has 0 unspecified atom stereocenters. The molecule has 2 heterocycles. The van der Waals surface area contributed by atoms with Gasteiger partial charge < -0.3 is 20.4 Å². The van der Waals surface area contributed by atoms with Crippen LogP contribution in [0.3, 0.4) is 0 Å². The zero-order valence-corrected chi connectivity index (χ0v) is 21.5. The summed E-state index contributed by atoms with van der Waals surface area (Å²) in [6, 6.07) is 11.1. The standard InChI is InChI=1S/C25H30ClN5O2S/c1-30(2)22(32)18-8-9-19(23(33)31(3)4)21-20(18)28-24(25(29-21)10-12-34-13-11-25)27-15-16-6-5-7-17(26)14-16/h5-9,14,29H,10-13,15H2,1-4H3,(H,27,28). The molecule has 0 aromatic heterocycles. The number of hydrogen-bond acceptors (Lipinski definition) is 5. The minimum absolute atomic E-state index is 0.117. The van der Waals surface area contributed by atoms with Crippen molar-refractivity contribution >= 4 is 52.4 Å². The molecule has 1 saturated heterocycles. The van der Waals surface area contributed by atoms with E-state index in [0.29, 0.717) is 34.1 Å². The van der Waals surface area contributed by atoms with Gasteiger partial charge in [-0.2, -0.15) is 11.8 Å². The fourth-order valence-electron chi connectivity index (χ4n) is 4.32. The van der Waals surface area contributed by atoms with E-state index in [1.54, 1.807) is 45.2 Å². The van der Waals surface area contributed by atoms with Crippen molar-refractivity contribution < 1.29 is 9.59 Å². The highest BCUT2D eigenvalue weighted by Crippen LogP contribution is 2.43. The van der Waals surface area contributed by atoms with Crippen LogP contribution in [0.4, 0.5) is 11.4 Å². The summed E-state index contributed by atoms with van der Waals surface area (Å²) >= 11 is 8.09. The van der Waals surface area contributed by atoms with E-state index in [9.17, 15) is 9.59 Å². The zero-order valence-electron chi connectivity index (χ0n) is 19.9. The Labute approximate surface area is 209 Å². The highest BCUT2D eigenvalue weighted by Gasteiger charge is 2.43. The van der Waals surface area contributed by atoms with Gasteiger partial charge in [0.15, 0.2) is 0 Å². The highest BCUT2D eigenvalue weighted by atomic mass is 35.5. The first kappa shape index (κ1) is 24.4. The number of hydrogen-bond donors (Lipinski definition) is 2. The number of fused-ring (bicyclic) bond motifs is 1. The summed E-state index contributed by atoms with van der Waals surface area (Å²) in [6.07, 6.45) is 1.72. The van der Waals surface area contributed by atoms with Crippen LogP contribution in [0.2, 0.25) is 5.02 Å². The van der Waals surface area contributed by atoms with Crippen LogP contribution in [0.5, 0.6) is 0 Å². The van der Waals surface area contributed by atoms with Crippen molar-refractivity contribution in [1.82, 2.24) is 9.80 Å². The first-order chi connectivity index (χ1) is 16.2. The topological polar surface area (TPSA) is 77.0 Å². The zero-order chi connectivity index (χ0) is 24.5. The Hall–Kier alpha value is -2.71. The third kappa shape index (κ3) is 4.74. The number of nitrogens with one attached hydrogen (secondary N) is 2. The molecule has 2 aliphatic rings. The molecule has 1 spiro atoms. The highest BCUT2D eigenvalue weighted by molar-refractivity contribution is 7.99. The number of anilines is 2. The number of carbonyl (C=O) groups excluding carboxylic acids is 2. The van der Waals surface area contributed by atoms with E-state index < -0.39 is 5.54 Å². The Morgan fingerprint density at radius 2 is 1.62 bits per heavy atom. The largest absolute Gasteiger partial charge is 0.370 e. The van der Waals surface area contributed by atoms with Crippen molar-refractivity contribution in [3.63, 3.8) is 0 Å². The number of halogens is 1. The SMILES string of the molecule is CN(C)C(=O)c1ccc(C(=O)N(C)C)c2c1NC(=NCc1cccc(Cl)c1)C1(CCSCC1)N2. The van der Waals surface area contributed by atoms with Crippen LogP contribution < -0.4 is 10.6 Å². The van der Waals surface area contributed by atoms with Gasteiger partial charge in [0.2, 0.25) is 0 Å². The molecule has 0 aliphatic carbocycles. The van der Waals surface area contributed by atoms with Gasteiger partial charge in [-0.25, -0.2) is 0 Å². The number of thioether (sulfide) groups is 1. The van der Waals surface area contributed by atoms with Gasteiger partial charge in [-0.15, -0.1) is 0 Å². The predicted molar refractivity (Wildman–Crippen MR) is 142 cm³/mol. The summed E-state index contributed by atoms with van der Waals surface area (Å²) in [7, 11) is 6.90. The van der Waals surface area contributed by atoms with Gasteiger partial charge in [0.1, 0.15) is 5.84 Å². The van der Waals surface area contributed by atoms with E-state index in [2.05, 4.69) is 10.6 Å². The number of nitrogens with zero attached hydrogens (tertiary/aromatic N) is 3. The van der Waals surface area contributed by atoms with Gasteiger partial charge in [0, 0.05) is 33.2 Å². The Balaban J connectivity index is 1.84. The van der Waals surface area contributed by atoms with Gasteiger partial charge in [0.25, 0.3) is 11.8 Å². The summed E-state index contributed by atoms with van der Waals surface area (Å²) in [5.74, 6) is 2.50. The summed E-state index contributed by atoms with van der Waals surface area (Å²) in [6.45, 7) is 0.460. The lowest BCUT2D eigenvalue weighted by molar-refractivity contribution is 0.0817. The molecule has 0 saturated carbocycles. The monoisotopic (exact) mass is 499 g/mol. The van der Waals surface area contributed by atoms with E-state index in [-0.39, 0.29) is 11.8 Å². The number of carbonyl (C=O) groups is 2. The number of aliphatic imine (C=N–C) groups is 1. The third-order valence-corrected chi connectivity index (χ3v) is 7.42. The normalized spacial score (nSPS) is 17.5. The maximum Gasteiger partial charge on any atom is 0.255 e. The molecule has 1 fully saturated rings. The molecule has 0 bridgehead atoms. The summed E-state index contributed by atoms with van der Waals surface area (Å²) in [5, 5.41) is 7.88. The fourth-order valence-corrected chi connectivity index (χ4v) is 5.72. The maximum atomic E-state index is 13.0. The average molecular weight is 500 g/mol. The van der Waals surface area contributed by atoms with Crippen LogP contribution in [0.15, 0.2) is 41.4 Å². The molecule has 34 heavy (non-hydrogen) atoms. The van der Waals surface area contributed by atoms with Crippen molar-refractivity contribution in [2.45, 2.75) is 24.9 Å². The second-order valence-corrected chi connectivity index (χ2v) is 10.7. The Kier molecular flexibility index (Phi) is 7.09. The van der Waals surface area contributed by atoms with Crippen molar-refractivity contribution in [2.75, 3.05) is 50.3 Å². The summed E-state index contributed by atoms with van der Waals surface area (Å²) < 4.78 is 0. The van der Waals surface area contributed by atoms with Crippen molar-refractivity contribution in [3.8, 4) is 0 Å². The van der Waals surface area contributed by atoms with Gasteiger partial charge >= 0.3 is 0 Å². The van der Waals surface area contributed by atoms with E-state index in [4.69, 9.17) is 16.6 Å². The van der Waals surface area contributed by atoms with Crippen LogP contribution in [-0.2, 0) is 6.54 Å². The molecule has 0 atom stereocenters. The van der Waals surface area contributed by atoms with Gasteiger partial charge in [0.05, 0.1) is 34.6 Å². The van der Waals surface area contributed by atoms with Crippen LogP contribution in [-0.4, -0.2) is 72.7 Å². The van der Waals surface area contributed by atoms with Crippen molar-refractivity contribution in [1.29, 1.82) is 0 Å². The van der Waals surface area contributed by atoms with Gasteiger partial charge in [-0.05, 0) is 54.2 Å². The van der Waals surface area contributed by atoms with E-state index in [1.165, 1.54) is 4.90 Å². The molecule has 0 radical (unpaired) electrons. The molecule has 4 rings (SSSR count). The van der Waals surface area contributed by atoms with E-state index in [0.717, 1.165) is 35.7 Å². The third-order valence-electron chi connectivity index (χ3n) is 6.19. The fraction of sp³-hybridized carbons (Fsp3) is 0.400.